The Hall–Kier alpha value is -2.46. The van der Waals surface area contributed by atoms with Crippen LogP contribution in [-0.2, 0) is 6.42 Å². The number of halogens is 1. The predicted octanol–water partition coefficient (Wildman–Crippen LogP) is 5.33. The van der Waals surface area contributed by atoms with Gasteiger partial charge >= 0.3 is 0 Å². The van der Waals surface area contributed by atoms with E-state index in [1.54, 1.807) is 17.4 Å². The zero-order chi connectivity index (χ0) is 18.0. The predicted molar refractivity (Wildman–Crippen MR) is 99.4 cm³/mol. The highest BCUT2D eigenvalue weighted by Gasteiger charge is 2.21. The van der Waals surface area contributed by atoms with Gasteiger partial charge in [0, 0.05) is 27.3 Å². The molecule has 1 heterocycles. The zero-order valence-corrected chi connectivity index (χ0v) is 15.2. The van der Waals surface area contributed by atoms with E-state index in [0.717, 1.165) is 20.9 Å². The molecule has 25 heavy (non-hydrogen) atoms. The van der Waals surface area contributed by atoms with Crippen LogP contribution >= 0.6 is 11.3 Å². The Morgan fingerprint density at radius 3 is 2.48 bits per heavy atom. The van der Waals surface area contributed by atoms with Crippen LogP contribution in [-0.4, -0.2) is 12.9 Å². The van der Waals surface area contributed by atoms with Crippen molar-refractivity contribution in [3.8, 4) is 5.75 Å². The number of ether oxygens (including phenoxy) is 1. The van der Waals surface area contributed by atoms with Gasteiger partial charge in [0.1, 0.15) is 0 Å². The van der Waals surface area contributed by atoms with Crippen molar-refractivity contribution in [3.63, 3.8) is 0 Å². The molecule has 128 valence electrons. The topological polar surface area (TPSA) is 26.3 Å². The van der Waals surface area contributed by atoms with Crippen LogP contribution in [0.15, 0.2) is 48.5 Å². The lowest BCUT2D eigenvalue weighted by Gasteiger charge is -2.08. The molecule has 0 bridgehead atoms. The van der Waals surface area contributed by atoms with E-state index in [4.69, 9.17) is 4.74 Å². The van der Waals surface area contributed by atoms with E-state index in [0.29, 0.717) is 17.5 Å². The van der Waals surface area contributed by atoms with Crippen LogP contribution in [0.25, 0.3) is 0 Å². The minimum Gasteiger partial charge on any atom is -0.494 e. The van der Waals surface area contributed by atoms with E-state index in [2.05, 4.69) is 0 Å². The van der Waals surface area contributed by atoms with Gasteiger partial charge in [-0.05, 0) is 43.2 Å². The fourth-order valence-electron chi connectivity index (χ4n) is 2.85. The number of thiophene rings is 1. The summed E-state index contributed by atoms with van der Waals surface area (Å²) in [6.45, 7) is 3.97. The molecule has 1 aromatic heterocycles. The smallest absolute Gasteiger partial charge is 0.194 e. The first-order valence-corrected chi connectivity index (χ1v) is 8.84. The summed E-state index contributed by atoms with van der Waals surface area (Å²) in [4.78, 5) is 15.2. The van der Waals surface area contributed by atoms with Crippen molar-refractivity contribution < 1.29 is 13.9 Å². The minimum absolute atomic E-state index is 0.138. The highest BCUT2D eigenvalue weighted by atomic mass is 32.1. The summed E-state index contributed by atoms with van der Waals surface area (Å²) >= 11 is 1.63. The molecule has 0 aliphatic heterocycles. The molecule has 2 aromatic carbocycles. The number of hydrogen-bond acceptors (Lipinski definition) is 3. The number of benzene rings is 2. The lowest BCUT2D eigenvalue weighted by molar-refractivity contribution is 0.103. The van der Waals surface area contributed by atoms with E-state index in [1.807, 2.05) is 44.2 Å². The second-order valence-electron chi connectivity index (χ2n) is 5.92. The Morgan fingerprint density at radius 2 is 1.84 bits per heavy atom. The minimum atomic E-state index is -0.525. The third kappa shape index (κ3) is 3.49. The molecule has 0 aliphatic rings. The standard InChI is InChI=1S/C21H19FO2S/c1-13-14(2)25-19(11-15-7-5-4-6-8-15)20(13)21(23)16-9-10-18(24-3)17(22)12-16/h4-10,12H,11H2,1-3H3. The number of methoxy groups -OCH3 is 1. The average Bonchev–Trinajstić information content (AvgIpc) is 2.89. The maximum atomic E-state index is 14.0. The molecule has 0 radical (unpaired) electrons. The van der Waals surface area contributed by atoms with Crippen molar-refractivity contribution in [2.75, 3.05) is 7.11 Å². The summed E-state index contributed by atoms with van der Waals surface area (Å²) in [6.07, 6.45) is 0.694. The van der Waals surface area contributed by atoms with Gasteiger partial charge < -0.3 is 4.74 Å². The van der Waals surface area contributed by atoms with E-state index in [1.165, 1.54) is 19.2 Å². The SMILES string of the molecule is COc1ccc(C(=O)c2c(Cc3ccccc3)sc(C)c2C)cc1F. The molecule has 0 saturated heterocycles. The van der Waals surface area contributed by atoms with Gasteiger partial charge in [-0.1, -0.05) is 30.3 Å². The molecular formula is C21H19FO2S. The van der Waals surface area contributed by atoms with Gasteiger partial charge in [-0.25, -0.2) is 4.39 Å². The van der Waals surface area contributed by atoms with Crippen LogP contribution in [0.2, 0.25) is 0 Å². The van der Waals surface area contributed by atoms with Gasteiger partial charge in [0.25, 0.3) is 0 Å². The zero-order valence-electron chi connectivity index (χ0n) is 14.4. The normalized spacial score (nSPS) is 10.7. The van der Waals surface area contributed by atoms with Gasteiger partial charge in [-0.3, -0.25) is 4.79 Å². The van der Waals surface area contributed by atoms with Crippen LogP contribution in [0.1, 0.15) is 36.8 Å². The summed E-state index contributed by atoms with van der Waals surface area (Å²) in [6, 6.07) is 14.4. The molecule has 2 nitrogen and oxygen atoms in total. The van der Waals surface area contributed by atoms with Crippen molar-refractivity contribution in [1.82, 2.24) is 0 Å². The highest BCUT2D eigenvalue weighted by molar-refractivity contribution is 7.12. The van der Waals surface area contributed by atoms with E-state index >= 15 is 0 Å². The van der Waals surface area contributed by atoms with E-state index < -0.39 is 5.82 Å². The monoisotopic (exact) mass is 354 g/mol. The first-order chi connectivity index (χ1) is 12.0. The third-order valence-corrected chi connectivity index (χ3v) is 5.51. The number of aryl methyl sites for hydroxylation is 1. The molecule has 4 heteroatoms. The fourth-order valence-corrected chi connectivity index (χ4v) is 4.06. The molecule has 0 saturated carbocycles. The highest BCUT2D eigenvalue weighted by Crippen LogP contribution is 2.32. The third-order valence-electron chi connectivity index (χ3n) is 4.31. The van der Waals surface area contributed by atoms with Gasteiger partial charge in [-0.15, -0.1) is 11.3 Å². The molecule has 0 unspecified atom stereocenters. The van der Waals surface area contributed by atoms with Gasteiger partial charge in [0.2, 0.25) is 0 Å². The molecule has 0 aliphatic carbocycles. The summed E-state index contributed by atoms with van der Waals surface area (Å²) < 4.78 is 18.9. The van der Waals surface area contributed by atoms with Crippen LogP contribution in [0, 0.1) is 19.7 Å². The summed E-state index contributed by atoms with van der Waals surface area (Å²) in [5.41, 5.74) is 3.15. The molecule has 3 aromatic rings. The van der Waals surface area contributed by atoms with Crippen LogP contribution in [0.4, 0.5) is 4.39 Å². The van der Waals surface area contributed by atoms with Crippen molar-refractivity contribution in [1.29, 1.82) is 0 Å². The van der Waals surface area contributed by atoms with E-state index in [-0.39, 0.29) is 11.5 Å². The Morgan fingerprint density at radius 1 is 1.12 bits per heavy atom. The largest absolute Gasteiger partial charge is 0.494 e. The molecule has 3 rings (SSSR count). The summed E-state index contributed by atoms with van der Waals surface area (Å²) in [5.74, 6) is -0.531. The molecule has 0 amide bonds. The Balaban J connectivity index is 2.01. The summed E-state index contributed by atoms with van der Waals surface area (Å²) in [7, 11) is 1.41. The molecular weight excluding hydrogens is 335 g/mol. The maximum absolute atomic E-state index is 14.0. The van der Waals surface area contributed by atoms with Gasteiger partial charge in [0.15, 0.2) is 17.3 Å². The Kier molecular flexibility index (Phi) is 5.00. The number of rotatable bonds is 5. The van der Waals surface area contributed by atoms with Crippen molar-refractivity contribution in [2.45, 2.75) is 20.3 Å². The molecule has 0 atom stereocenters. The lowest BCUT2D eigenvalue weighted by atomic mass is 9.97. The van der Waals surface area contributed by atoms with Gasteiger partial charge in [-0.2, -0.15) is 0 Å². The number of carbonyl (C=O) groups is 1. The summed E-state index contributed by atoms with van der Waals surface area (Å²) in [5, 5.41) is 0. The van der Waals surface area contributed by atoms with E-state index in [9.17, 15) is 9.18 Å². The average molecular weight is 354 g/mol. The maximum Gasteiger partial charge on any atom is 0.194 e. The number of carbonyl (C=O) groups excluding carboxylic acids is 1. The number of ketones is 1. The van der Waals surface area contributed by atoms with Crippen LogP contribution < -0.4 is 4.74 Å². The first kappa shape index (κ1) is 17.4. The van der Waals surface area contributed by atoms with Gasteiger partial charge in [0.05, 0.1) is 7.11 Å². The molecule has 0 spiro atoms. The lowest BCUT2D eigenvalue weighted by Crippen LogP contribution is -2.06. The molecule has 0 fully saturated rings. The second kappa shape index (κ2) is 7.19. The molecule has 0 N–H and O–H groups in total. The quantitative estimate of drug-likeness (QED) is 0.579. The van der Waals surface area contributed by atoms with Crippen LogP contribution in [0.3, 0.4) is 0 Å². The first-order valence-electron chi connectivity index (χ1n) is 8.02. The van der Waals surface area contributed by atoms with Crippen molar-refractivity contribution in [3.05, 3.63) is 86.4 Å². The van der Waals surface area contributed by atoms with Crippen LogP contribution in [0.5, 0.6) is 5.75 Å². The Labute approximate surface area is 150 Å². The Bertz CT molecular complexity index is 913. The van der Waals surface area contributed by atoms with Crippen molar-refractivity contribution >= 4 is 17.1 Å². The van der Waals surface area contributed by atoms with Crippen molar-refractivity contribution in [2.24, 2.45) is 0 Å². The fraction of sp³-hybridized carbons (Fsp3) is 0.190. The second-order valence-corrected chi connectivity index (χ2v) is 7.23. The number of hydrogen-bond donors (Lipinski definition) is 0.